The largest absolute Gasteiger partial charge is 0.490 e. The van der Waals surface area contributed by atoms with Crippen molar-refractivity contribution < 1.29 is 17.9 Å². The summed E-state index contributed by atoms with van der Waals surface area (Å²) in [7, 11) is 0. The summed E-state index contributed by atoms with van der Waals surface area (Å²) in [6, 6.07) is 13.7. The van der Waals surface area contributed by atoms with Crippen LogP contribution in [-0.4, -0.2) is 34.1 Å². The van der Waals surface area contributed by atoms with Crippen molar-refractivity contribution >= 4 is 5.82 Å². The van der Waals surface area contributed by atoms with Gasteiger partial charge in [0.2, 0.25) is 0 Å². The number of anilines is 1. The summed E-state index contributed by atoms with van der Waals surface area (Å²) < 4.78 is 46.1. The molecule has 3 aromatic rings. The van der Waals surface area contributed by atoms with Gasteiger partial charge in [-0.1, -0.05) is 18.2 Å². The number of ether oxygens (including phenoxy) is 1. The van der Waals surface area contributed by atoms with Gasteiger partial charge in [-0.3, -0.25) is 4.98 Å². The number of pyridine rings is 1. The van der Waals surface area contributed by atoms with Crippen molar-refractivity contribution in [2.45, 2.75) is 25.1 Å². The van der Waals surface area contributed by atoms with E-state index in [0.29, 0.717) is 31.5 Å². The molecule has 2 aromatic heterocycles. The van der Waals surface area contributed by atoms with Crippen LogP contribution in [0.15, 0.2) is 60.9 Å². The van der Waals surface area contributed by atoms with Crippen molar-refractivity contribution in [3.63, 3.8) is 0 Å². The van der Waals surface area contributed by atoms with Gasteiger partial charge in [0.25, 0.3) is 0 Å². The summed E-state index contributed by atoms with van der Waals surface area (Å²) in [5, 5.41) is 0. The van der Waals surface area contributed by atoms with Gasteiger partial charge < -0.3 is 9.64 Å². The topological polar surface area (TPSA) is 51.1 Å². The first-order valence-corrected chi connectivity index (χ1v) is 9.32. The van der Waals surface area contributed by atoms with Crippen LogP contribution in [0, 0.1) is 0 Å². The molecule has 1 aromatic carbocycles. The average molecular weight is 400 g/mol. The van der Waals surface area contributed by atoms with E-state index >= 15 is 0 Å². The molecule has 5 nitrogen and oxygen atoms in total. The zero-order valence-corrected chi connectivity index (χ0v) is 15.5. The summed E-state index contributed by atoms with van der Waals surface area (Å²) >= 11 is 0. The molecule has 29 heavy (non-hydrogen) atoms. The second kappa shape index (κ2) is 8.06. The number of halogens is 3. The van der Waals surface area contributed by atoms with Gasteiger partial charge in [-0.15, -0.1) is 0 Å². The maximum atomic E-state index is 13.4. The monoisotopic (exact) mass is 400 g/mol. The molecule has 1 fully saturated rings. The molecule has 150 valence electrons. The SMILES string of the molecule is FC(F)(F)c1cc(N2CCC(Oc3ccccc3)CC2)nc(-c2ccncc2)n1. The molecule has 1 aliphatic heterocycles. The fourth-order valence-electron chi connectivity index (χ4n) is 3.27. The lowest BCUT2D eigenvalue weighted by molar-refractivity contribution is -0.141. The molecule has 0 unspecified atom stereocenters. The molecule has 1 saturated heterocycles. The Morgan fingerprint density at radius 2 is 1.62 bits per heavy atom. The molecule has 0 aliphatic carbocycles. The maximum absolute atomic E-state index is 13.4. The molecular formula is C21H19F3N4O. The van der Waals surface area contributed by atoms with Crippen LogP contribution >= 0.6 is 0 Å². The minimum atomic E-state index is -4.55. The predicted molar refractivity (Wildman–Crippen MR) is 103 cm³/mol. The number of hydrogen-bond acceptors (Lipinski definition) is 5. The van der Waals surface area contributed by atoms with Gasteiger partial charge in [-0.05, 0) is 24.3 Å². The Balaban J connectivity index is 1.54. The number of alkyl halides is 3. The van der Waals surface area contributed by atoms with Crippen molar-refractivity contribution in [3.05, 3.63) is 66.6 Å². The lowest BCUT2D eigenvalue weighted by Gasteiger charge is -2.33. The Morgan fingerprint density at radius 1 is 0.931 bits per heavy atom. The number of hydrogen-bond donors (Lipinski definition) is 0. The van der Waals surface area contributed by atoms with Crippen LogP contribution in [-0.2, 0) is 6.18 Å². The Morgan fingerprint density at radius 3 is 2.28 bits per heavy atom. The first kappa shape index (κ1) is 19.2. The fourth-order valence-corrected chi connectivity index (χ4v) is 3.27. The third-order valence-electron chi connectivity index (χ3n) is 4.75. The number of para-hydroxylation sites is 1. The quantitative estimate of drug-likeness (QED) is 0.640. The lowest BCUT2D eigenvalue weighted by Crippen LogP contribution is -2.39. The smallest absolute Gasteiger partial charge is 0.433 e. The Kier molecular flexibility index (Phi) is 5.33. The van der Waals surface area contributed by atoms with E-state index in [-0.39, 0.29) is 17.7 Å². The Labute approximate surface area is 166 Å². The third kappa shape index (κ3) is 4.64. The fraction of sp³-hybridized carbons (Fsp3) is 0.286. The van der Waals surface area contributed by atoms with Gasteiger partial charge in [0, 0.05) is 50.0 Å². The van der Waals surface area contributed by atoms with Crippen molar-refractivity contribution in [3.8, 4) is 17.1 Å². The van der Waals surface area contributed by atoms with E-state index in [1.165, 1.54) is 12.4 Å². The van der Waals surface area contributed by atoms with Crippen LogP contribution in [0.25, 0.3) is 11.4 Å². The number of rotatable bonds is 4. The molecule has 0 N–H and O–H groups in total. The van der Waals surface area contributed by atoms with Crippen molar-refractivity contribution in [1.29, 1.82) is 0 Å². The minimum absolute atomic E-state index is 0.0252. The van der Waals surface area contributed by atoms with E-state index in [1.54, 1.807) is 12.1 Å². The van der Waals surface area contributed by atoms with Gasteiger partial charge >= 0.3 is 6.18 Å². The number of piperidine rings is 1. The van der Waals surface area contributed by atoms with Crippen molar-refractivity contribution in [1.82, 2.24) is 15.0 Å². The van der Waals surface area contributed by atoms with E-state index < -0.39 is 11.9 Å². The number of benzene rings is 1. The molecule has 8 heteroatoms. The maximum Gasteiger partial charge on any atom is 0.433 e. The molecule has 0 atom stereocenters. The standard InChI is InChI=1S/C21H19F3N4O/c22-21(23,24)18-14-19(27-20(26-18)15-6-10-25-11-7-15)28-12-8-17(9-13-28)29-16-4-2-1-3-5-16/h1-7,10-11,14,17H,8-9,12-13H2. The average Bonchev–Trinajstić information content (AvgIpc) is 2.75. The van der Waals surface area contributed by atoms with Crippen molar-refractivity contribution in [2.24, 2.45) is 0 Å². The highest BCUT2D eigenvalue weighted by molar-refractivity contribution is 5.57. The molecule has 0 spiro atoms. The lowest BCUT2D eigenvalue weighted by atomic mass is 10.1. The van der Waals surface area contributed by atoms with E-state index in [9.17, 15) is 13.2 Å². The van der Waals surface area contributed by atoms with Gasteiger partial charge in [-0.25, -0.2) is 9.97 Å². The summed E-state index contributed by atoms with van der Waals surface area (Å²) in [5.41, 5.74) is -0.452. The first-order valence-electron chi connectivity index (χ1n) is 9.32. The van der Waals surface area contributed by atoms with E-state index in [1.807, 2.05) is 35.2 Å². The highest BCUT2D eigenvalue weighted by Crippen LogP contribution is 2.32. The second-order valence-corrected chi connectivity index (χ2v) is 6.79. The minimum Gasteiger partial charge on any atom is -0.490 e. The van der Waals surface area contributed by atoms with Crippen molar-refractivity contribution in [2.75, 3.05) is 18.0 Å². The van der Waals surface area contributed by atoms with Crippen LogP contribution in [0.1, 0.15) is 18.5 Å². The Bertz CT molecular complexity index is 943. The second-order valence-electron chi connectivity index (χ2n) is 6.79. The summed E-state index contributed by atoms with van der Waals surface area (Å²) in [4.78, 5) is 13.9. The molecule has 0 bridgehead atoms. The van der Waals surface area contributed by atoms with Crippen LogP contribution in [0.4, 0.5) is 19.0 Å². The number of nitrogens with zero attached hydrogens (tertiary/aromatic N) is 4. The zero-order valence-electron chi connectivity index (χ0n) is 15.5. The molecular weight excluding hydrogens is 381 g/mol. The van der Waals surface area contributed by atoms with Crippen LogP contribution < -0.4 is 9.64 Å². The van der Waals surface area contributed by atoms with Gasteiger partial charge in [0.15, 0.2) is 11.5 Å². The predicted octanol–water partition coefficient (Wildman–Crippen LogP) is 4.61. The third-order valence-corrected chi connectivity index (χ3v) is 4.75. The molecule has 4 rings (SSSR count). The Hall–Kier alpha value is -3.16. The van der Waals surface area contributed by atoms with Crippen LogP contribution in [0.5, 0.6) is 5.75 Å². The summed E-state index contributed by atoms with van der Waals surface area (Å²) in [6.45, 7) is 1.11. The first-order chi connectivity index (χ1) is 14.0. The normalized spacial score (nSPS) is 15.3. The van der Waals surface area contributed by atoms with Gasteiger partial charge in [0.05, 0.1) is 0 Å². The molecule has 1 aliphatic rings. The molecule has 0 amide bonds. The highest BCUT2D eigenvalue weighted by Gasteiger charge is 2.35. The van der Waals surface area contributed by atoms with E-state index in [0.717, 1.165) is 11.8 Å². The molecule has 0 radical (unpaired) electrons. The van der Waals surface area contributed by atoms with E-state index in [4.69, 9.17) is 4.74 Å². The van der Waals surface area contributed by atoms with Gasteiger partial charge in [0.1, 0.15) is 17.7 Å². The highest BCUT2D eigenvalue weighted by atomic mass is 19.4. The van der Waals surface area contributed by atoms with E-state index in [2.05, 4.69) is 15.0 Å². The molecule has 0 saturated carbocycles. The summed E-state index contributed by atoms with van der Waals surface area (Å²) in [6.07, 6.45) is -0.114. The number of aromatic nitrogens is 3. The zero-order chi connectivity index (χ0) is 20.3. The van der Waals surface area contributed by atoms with Gasteiger partial charge in [-0.2, -0.15) is 13.2 Å². The summed E-state index contributed by atoms with van der Waals surface area (Å²) in [5.74, 6) is 1.12. The molecule has 3 heterocycles. The van der Waals surface area contributed by atoms with Crippen LogP contribution in [0.3, 0.4) is 0 Å². The van der Waals surface area contributed by atoms with Crippen LogP contribution in [0.2, 0.25) is 0 Å².